The van der Waals surface area contributed by atoms with Gasteiger partial charge in [0.15, 0.2) is 0 Å². The molecule has 0 aliphatic carbocycles. The summed E-state index contributed by atoms with van der Waals surface area (Å²) in [7, 11) is 0. The first-order chi connectivity index (χ1) is 9.33. The van der Waals surface area contributed by atoms with Gasteiger partial charge in [0.1, 0.15) is 5.76 Å². The quantitative estimate of drug-likeness (QED) is 0.838. The predicted molar refractivity (Wildman–Crippen MR) is 73.0 cm³/mol. The highest BCUT2D eigenvalue weighted by Gasteiger charge is 2.19. The van der Waals surface area contributed by atoms with Crippen LogP contribution < -0.4 is 4.90 Å². The predicted octanol–water partition coefficient (Wildman–Crippen LogP) is 1.70. The van der Waals surface area contributed by atoms with E-state index in [9.17, 15) is 0 Å². The topological polar surface area (TPSA) is 45.4 Å². The molecule has 0 radical (unpaired) electrons. The summed E-state index contributed by atoms with van der Waals surface area (Å²) in [5.74, 6) is 1.90. The van der Waals surface area contributed by atoms with E-state index in [4.69, 9.17) is 4.42 Å². The fourth-order valence-electron chi connectivity index (χ4n) is 2.33. The number of furan rings is 1. The van der Waals surface area contributed by atoms with Gasteiger partial charge in [0, 0.05) is 38.6 Å². The zero-order chi connectivity index (χ0) is 13.1. The molecule has 0 amide bonds. The molecule has 0 unspecified atom stereocenters. The summed E-state index contributed by atoms with van der Waals surface area (Å²) in [6.07, 6.45) is 5.35. The molecular weight excluding hydrogens is 240 g/mol. The van der Waals surface area contributed by atoms with Crippen molar-refractivity contribution < 1.29 is 4.42 Å². The lowest BCUT2D eigenvalue weighted by Gasteiger charge is -2.34. The molecule has 5 nitrogen and oxygen atoms in total. The highest BCUT2D eigenvalue weighted by atomic mass is 16.3. The Morgan fingerprint density at radius 2 is 1.89 bits per heavy atom. The van der Waals surface area contributed by atoms with Gasteiger partial charge >= 0.3 is 0 Å². The maximum absolute atomic E-state index is 5.50. The van der Waals surface area contributed by atoms with E-state index in [1.807, 2.05) is 12.1 Å². The van der Waals surface area contributed by atoms with Crippen LogP contribution in [0, 0.1) is 6.92 Å². The molecule has 0 atom stereocenters. The summed E-state index contributed by atoms with van der Waals surface area (Å²) in [4.78, 5) is 13.2. The number of aromatic nitrogens is 2. The van der Waals surface area contributed by atoms with Gasteiger partial charge in [0.2, 0.25) is 5.95 Å². The molecule has 1 fully saturated rings. The molecule has 0 bridgehead atoms. The third-order valence-corrected chi connectivity index (χ3v) is 3.54. The van der Waals surface area contributed by atoms with Gasteiger partial charge in [-0.25, -0.2) is 9.97 Å². The third-order valence-electron chi connectivity index (χ3n) is 3.54. The second-order valence-electron chi connectivity index (χ2n) is 4.84. The van der Waals surface area contributed by atoms with Gasteiger partial charge in [-0.05, 0) is 24.6 Å². The molecule has 0 aromatic carbocycles. The summed E-state index contributed by atoms with van der Waals surface area (Å²) in [5.41, 5.74) is 1.23. The number of rotatable bonds is 3. The second-order valence-corrected chi connectivity index (χ2v) is 4.84. The molecule has 19 heavy (non-hydrogen) atoms. The van der Waals surface area contributed by atoms with E-state index < -0.39 is 0 Å². The van der Waals surface area contributed by atoms with Crippen LogP contribution in [0.4, 0.5) is 5.95 Å². The summed E-state index contributed by atoms with van der Waals surface area (Å²) in [6.45, 7) is 6.93. The molecule has 0 saturated carbocycles. The Morgan fingerprint density at radius 1 is 1.16 bits per heavy atom. The number of hydrogen-bond acceptors (Lipinski definition) is 5. The average Bonchev–Trinajstić information content (AvgIpc) is 2.86. The lowest BCUT2D eigenvalue weighted by Crippen LogP contribution is -2.46. The van der Waals surface area contributed by atoms with Crippen LogP contribution in [0.2, 0.25) is 0 Å². The van der Waals surface area contributed by atoms with Gasteiger partial charge in [0.25, 0.3) is 0 Å². The molecule has 0 spiro atoms. The van der Waals surface area contributed by atoms with Crippen LogP contribution in [0.25, 0.3) is 0 Å². The Balaban J connectivity index is 1.57. The van der Waals surface area contributed by atoms with Crippen LogP contribution in [0.15, 0.2) is 35.2 Å². The molecule has 1 aliphatic rings. The standard InChI is InChI=1S/C14H18N4O/c1-12-3-10-19-13(12)11-17-6-8-18(9-7-17)14-15-4-2-5-16-14/h2-5,10H,6-9,11H2,1H3. The van der Waals surface area contributed by atoms with Crippen molar-refractivity contribution in [1.29, 1.82) is 0 Å². The first-order valence-electron chi connectivity index (χ1n) is 6.60. The molecule has 100 valence electrons. The summed E-state index contributed by atoms with van der Waals surface area (Å²) in [6, 6.07) is 3.86. The molecule has 3 rings (SSSR count). The van der Waals surface area contributed by atoms with Crippen molar-refractivity contribution in [2.45, 2.75) is 13.5 Å². The minimum Gasteiger partial charge on any atom is -0.468 e. The smallest absolute Gasteiger partial charge is 0.225 e. The van der Waals surface area contributed by atoms with Gasteiger partial charge in [-0.3, -0.25) is 4.90 Å². The normalized spacial score (nSPS) is 16.8. The van der Waals surface area contributed by atoms with Gasteiger partial charge < -0.3 is 9.32 Å². The lowest BCUT2D eigenvalue weighted by molar-refractivity contribution is 0.229. The number of piperazine rings is 1. The number of aryl methyl sites for hydroxylation is 1. The minimum absolute atomic E-state index is 0.830. The number of nitrogens with zero attached hydrogens (tertiary/aromatic N) is 4. The highest BCUT2D eigenvalue weighted by Crippen LogP contribution is 2.15. The van der Waals surface area contributed by atoms with Gasteiger partial charge in [-0.2, -0.15) is 0 Å². The first kappa shape index (κ1) is 12.2. The summed E-state index contributed by atoms with van der Waals surface area (Å²) >= 11 is 0. The molecule has 2 aromatic rings. The van der Waals surface area contributed by atoms with Crippen LogP contribution in [-0.4, -0.2) is 41.0 Å². The maximum Gasteiger partial charge on any atom is 0.225 e. The fraction of sp³-hybridized carbons (Fsp3) is 0.429. The van der Waals surface area contributed by atoms with Crippen molar-refractivity contribution in [2.24, 2.45) is 0 Å². The Kier molecular flexibility index (Phi) is 3.46. The van der Waals surface area contributed by atoms with E-state index in [0.717, 1.165) is 44.4 Å². The first-order valence-corrected chi connectivity index (χ1v) is 6.60. The van der Waals surface area contributed by atoms with Crippen molar-refractivity contribution in [3.8, 4) is 0 Å². The van der Waals surface area contributed by atoms with Crippen molar-refractivity contribution in [3.05, 3.63) is 42.1 Å². The lowest BCUT2D eigenvalue weighted by atomic mass is 10.2. The van der Waals surface area contributed by atoms with E-state index in [1.54, 1.807) is 18.7 Å². The van der Waals surface area contributed by atoms with E-state index in [2.05, 4.69) is 26.7 Å². The number of hydrogen-bond donors (Lipinski definition) is 0. The highest BCUT2D eigenvalue weighted by molar-refractivity contribution is 5.29. The van der Waals surface area contributed by atoms with Crippen LogP contribution in [0.1, 0.15) is 11.3 Å². The average molecular weight is 258 g/mol. The monoisotopic (exact) mass is 258 g/mol. The SMILES string of the molecule is Cc1ccoc1CN1CCN(c2ncccn2)CC1. The molecule has 1 saturated heterocycles. The Labute approximate surface area is 112 Å². The third kappa shape index (κ3) is 2.76. The van der Waals surface area contributed by atoms with Crippen molar-refractivity contribution >= 4 is 5.95 Å². The largest absolute Gasteiger partial charge is 0.468 e. The van der Waals surface area contributed by atoms with E-state index in [0.29, 0.717) is 0 Å². The zero-order valence-electron chi connectivity index (χ0n) is 11.1. The van der Waals surface area contributed by atoms with Crippen molar-refractivity contribution in [1.82, 2.24) is 14.9 Å². The minimum atomic E-state index is 0.830. The molecular formula is C14H18N4O. The summed E-state index contributed by atoms with van der Waals surface area (Å²) < 4.78 is 5.50. The zero-order valence-corrected chi connectivity index (χ0v) is 11.1. The molecule has 5 heteroatoms. The maximum atomic E-state index is 5.50. The molecule has 1 aliphatic heterocycles. The van der Waals surface area contributed by atoms with Gasteiger partial charge in [0.05, 0.1) is 12.8 Å². The van der Waals surface area contributed by atoms with Crippen molar-refractivity contribution in [2.75, 3.05) is 31.1 Å². The van der Waals surface area contributed by atoms with Crippen LogP contribution in [-0.2, 0) is 6.54 Å². The Hall–Kier alpha value is -1.88. The molecule has 2 aromatic heterocycles. The Morgan fingerprint density at radius 3 is 2.53 bits per heavy atom. The van der Waals surface area contributed by atoms with Crippen LogP contribution in [0.3, 0.4) is 0 Å². The summed E-state index contributed by atoms with van der Waals surface area (Å²) in [5, 5.41) is 0. The van der Waals surface area contributed by atoms with Gasteiger partial charge in [-0.15, -0.1) is 0 Å². The van der Waals surface area contributed by atoms with Crippen LogP contribution in [0.5, 0.6) is 0 Å². The molecule has 0 N–H and O–H groups in total. The van der Waals surface area contributed by atoms with Gasteiger partial charge in [-0.1, -0.05) is 0 Å². The van der Waals surface area contributed by atoms with Crippen LogP contribution >= 0.6 is 0 Å². The van der Waals surface area contributed by atoms with E-state index >= 15 is 0 Å². The number of anilines is 1. The van der Waals surface area contributed by atoms with Crippen molar-refractivity contribution in [3.63, 3.8) is 0 Å². The van der Waals surface area contributed by atoms with E-state index in [1.165, 1.54) is 5.56 Å². The van der Waals surface area contributed by atoms with E-state index in [-0.39, 0.29) is 0 Å². The Bertz CT molecular complexity index is 517. The molecule has 3 heterocycles. The second kappa shape index (κ2) is 5.40. The fourth-order valence-corrected chi connectivity index (χ4v) is 2.33.